The van der Waals surface area contributed by atoms with Gasteiger partial charge in [-0.2, -0.15) is 10.4 Å². The van der Waals surface area contributed by atoms with E-state index in [0.717, 1.165) is 22.3 Å². The minimum atomic E-state index is -0.657. The van der Waals surface area contributed by atoms with E-state index in [1.165, 1.54) is 6.33 Å². The number of nitrogens with zero attached hydrogens (tertiary/aromatic N) is 5. The molecule has 0 bridgehead atoms. The maximum Gasteiger partial charge on any atom is 0.252 e. The first-order valence-corrected chi connectivity index (χ1v) is 8.19. The smallest absolute Gasteiger partial charge is 0.252 e. The summed E-state index contributed by atoms with van der Waals surface area (Å²) in [6.45, 7) is 16.3. The predicted octanol–water partition coefficient (Wildman–Crippen LogP) is 3.00. The molecule has 0 aliphatic carbocycles. The lowest BCUT2D eigenvalue weighted by Gasteiger charge is -2.26. The second-order valence-electron chi connectivity index (χ2n) is 7.19. The zero-order valence-electron chi connectivity index (χ0n) is 15.5. The van der Waals surface area contributed by atoms with Gasteiger partial charge in [-0.15, -0.1) is 0 Å². The van der Waals surface area contributed by atoms with Crippen LogP contribution in [0.4, 0.5) is 0 Å². The van der Waals surface area contributed by atoms with Crippen molar-refractivity contribution in [3.63, 3.8) is 0 Å². The van der Waals surface area contributed by atoms with Crippen molar-refractivity contribution < 1.29 is 0 Å². The van der Waals surface area contributed by atoms with Gasteiger partial charge in [0, 0.05) is 26.0 Å². The fourth-order valence-corrected chi connectivity index (χ4v) is 2.78. The number of benzene rings is 1. The van der Waals surface area contributed by atoms with E-state index in [2.05, 4.69) is 32.4 Å². The number of hydrogen-bond donors (Lipinski definition) is 1. The van der Waals surface area contributed by atoms with Crippen LogP contribution in [-0.2, 0) is 24.0 Å². The summed E-state index contributed by atoms with van der Waals surface area (Å²) >= 11 is 0. The molecule has 2 rings (SSSR count). The Morgan fingerprint density at radius 1 is 1.32 bits per heavy atom. The molecule has 0 spiro atoms. The van der Waals surface area contributed by atoms with Crippen LogP contribution in [0.5, 0.6) is 0 Å². The molecule has 1 aromatic carbocycles. The molecule has 6 nitrogen and oxygen atoms in total. The van der Waals surface area contributed by atoms with Gasteiger partial charge in [-0.3, -0.25) is 0 Å². The highest BCUT2D eigenvalue weighted by atomic mass is 15.3. The standard InChI is InChI=1S/C19H24N6/c1-18(2,11-20)17-8-15(19(3,4)22-6)7-14(16(17)9-21-5)10-25-13-23-12-24-25/h7-8,12-13,21H,9-10H2,1-5H3. The van der Waals surface area contributed by atoms with Gasteiger partial charge in [0.05, 0.1) is 18.0 Å². The molecule has 1 aromatic heterocycles. The molecule has 25 heavy (non-hydrogen) atoms. The van der Waals surface area contributed by atoms with Crippen LogP contribution in [0.3, 0.4) is 0 Å². The van der Waals surface area contributed by atoms with E-state index in [9.17, 15) is 5.26 Å². The van der Waals surface area contributed by atoms with Crippen molar-refractivity contribution in [2.24, 2.45) is 0 Å². The SMILES string of the molecule is [C-]#[N+]C(C)(C)c1cc(Cn2cncn2)c(CNC)c(C(C)(C)C#N)c1. The Labute approximate surface area is 149 Å². The fraction of sp³-hybridized carbons (Fsp3) is 0.474. The summed E-state index contributed by atoms with van der Waals surface area (Å²) < 4.78 is 1.76. The van der Waals surface area contributed by atoms with Crippen LogP contribution < -0.4 is 5.32 Å². The highest BCUT2D eigenvalue weighted by Gasteiger charge is 2.32. The lowest BCUT2D eigenvalue weighted by Crippen LogP contribution is -2.24. The molecular weight excluding hydrogens is 312 g/mol. The quantitative estimate of drug-likeness (QED) is 0.823. The van der Waals surface area contributed by atoms with Gasteiger partial charge in [0.25, 0.3) is 5.54 Å². The van der Waals surface area contributed by atoms with Crippen molar-refractivity contribution in [2.75, 3.05) is 7.05 Å². The number of rotatable bonds is 6. The number of nitriles is 1. The van der Waals surface area contributed by atoms with Gasteiger partial charge in [0.15, 0.2) is 0 Å². The first-order chi connectivity index (χ1) is 11.7. The van der Waals surface area contributed by atoms with Gasteiger partial charge in [-0.1, -0.05) is 0 Å². The minimum absolute atomic E-state index is 0.549. The van der Waals surface area contributed by atoms with E-state index in [0.29, 0.717) is 13.1 Å². The van der Waals surface area contributed by atoms with E-state index in [4.69, 9.17) is 6.57 Å². The molecule has 0 radical (unpaired) electrons. The summed E-state index contributed by atoms with van der Waals surface area (Å²) in [7, 11) is 1.89. The zero-order valence-corrected chi connectivity index (χ0v) is 15.5. The van der Waals surface area contributed by atoms with Crippen LogP contribution in [-0.4, -0.2) is 21.8 Å². The summed E-state index contributed by atoms with van der Waals surface area (Å²) in [5.74, 6) is 0. The van der Waals surface area contributed by atoms with Gasteiger partial charge in [-0.05, 0) is 49.7 Å². The largest absolute Gasteiger partial charge is 0.316 e. The van der Waals surface area contributed by atoms with Gasteiger partial charge < -0.3 is 10.2 Å². The van der Waals surface area contributed by atoms with E-state index in [1.54, 1.807) is 11.0 Å². The molecule has 0 amide bonds. The van der Waals surface area contributed by atoms with Gasteiger partial charge in [0.2, 0.25) is 0 Å². The molecule has 1 heterocycles. The number of nitrogens with one attached hydrogen (secondary N) is 1. The Morgan fingerprint density at radius 2 is 2.04 bits per heavy atom. The molecule has 0 saturated carbocycles. The minimum Gasteiger partial charge on any atom is -0.316 e. The molecule has 0 fully saturated rings. The van der Waals surface area contributed by atoms with E-state index in [-0.39, 0.29) is 0 Å². The van der Waals surface area contributed by atoms with E-state index < -0.39 is 11.0 Å². The molecule has 0 atom stereocenters. The Balaban J connectivity index is 2.74. The highest BCUT2D eigenvalue weighted by Crippen LogP contribution is 2.35. The van der Waals surface area contributed by atoms with Crippen LogP contribution in [0.2, 0.25) is 0 Å². The Hall–Kier alpha value is -2.70. The number of hydrogen-bond acceptors (Lipinski definition) is 4. The van der Waals surface area contributed by atoms with Gasteiger partial charge >= 0.3 is 0 Å². The zero-order chi connectivity index (χ0) is 18.7. The monoisotopic (exact) mass is 336 g/mol. The second kappa shape index (κ2) is 7.04. The van der Waals surface area contributed by atoms with Gasteiger partial charge in [0.1, 0.15) is 12.7 Å². The van der Waals surface area contributed by atoms with Crippen molar-refractivity contribution in [2.45, 2.75) is 51.7 Å². The second-order valence-corrected chi connectivity index (χ2v) is 7.19. The molecular formula is C19H24N6. The molecule has 130 valence electrons. The van der Waals surface area contributed by atoms with E-state index in [1.807, 2.05) is 40.8 Å². The summed E-state index contributed by atoms with van der Waals surface area (Å²) in [6.07, 6.45) is 3.18. The normalized spacial score (nSPS) is 11.8. The molecule has 1 N–H and O–H groups in total. The first-order valence-electron chi connectivity index (χ1n) is 8.19. The maximum absolute atomic E-state index is 9.68. The summed E-state index contributed by atoms with van der Waals surface area (Å²) in [5.41, 5.74) is 2.68. The summed E-state index contributed by atoms with van der Waals surface area (Å²) in [5, 5.41) is 17.1. The average Bonchev–Trinajstić information content (AvgIpc) is 3.09. The van der Waals surface area contributed by atoms with E-state index >= 15 is 0 Å². The third kappa shape index (κ3) is 3.87. The highest BCUT2D eigenvalue weighted by molar-refractivity contribution is 5.48. The average molecular weight is 336 g/mol. The molecule has 0 aliphatic heterocycles. The van der Waals surface area contributed by atoms with Crippen LogP contribution in [0.15, 0.2) is 24.8 Å². The van der Waals surface area contributed by atoms with Gasteiger partial charge in [-0.25, -0.2) is 16.2 Å². The number of aromatic nitrogens is 3. The first kappa shape index (κ1) is 18.6. The molecule has 2 aromatic rings. The van der Waals surface area contributed by atoms with Crippen molar-refractivity contribution in [3.8, 4) is 6.07 Å². The third-order valence-electron chi connectivity index (χ3n) is 4.43. The topological polar surface area (TPSA) is 70.9 Å². The third-order valence-corrected chi connectivity index (χ3v) is 4.43. The predicted molar refractivity (Wildman–Crippen MR) is 96.6 cm³/mol. The molecule has 0 aliphatic rings. The Bertz CT molecular complexity index is 819. The Kier molecular flexibility index (Phi) is 5.25. The maximum atomic E-state index is 9.68. The molecule has 6 heteroatoms. The van der Waals surface area contributed by atoms with Crippen LogP contribution in [0, 0.1) is 17.9 Å². The summed E-state index contributed by atoms with van der Waals surface area (Å²) in [6, 6.07) is 6.47. The van der Waals surface area contributed by atoms with Crippen molar-refractivity contribution in [1.29, 1.82) is 5.26 Å². The van der Waals surface area contributed by atoms with Crippen molar-refractivity contribution >= 4 is 0 Å². The van der Waals surface area contributed by atoms with Crippen LogP contribution in [0.25, 0.3) is 4.85 Å². The van der Waals surface area contributed by atoms with Crippen molar-refractivity contribution in [1.82, 2.24) is 20.1 Å². The molecule has 0 saturated heterocycles. The van der Waals surface area contributed by atoms with Crippen LogP contribution >= 0.6 is 0 Å². The van der Waals surface area contributed by atoms with Crippen LogP contribution in [0.1, 0.15) is 49.9 Å². The lowest BCUT2D eigenvalue weighted by atomic mass is 9.78. The lowest BCUT2D eigenvalue weighted by molar-refractivity contribution is 0.620. The fourth-order valence-electron chi connectivity index (χ4n) is 2.78. The Morgan fingerprint density at radius 3 is 2.56 bits per heavy atom. The van der Waals surface area contributed by atoms with Crippen molar-refractivity contribution in [3.05, 3.63) is 58.5 Å². The molecule has 0 unspecified atom stereocenters. The summed E-state index contributed by atoms with van der Waals surface area (Å²) in [4.78, 5) is 7.77.